The third-order valence-corrected chi connectivity index (χ3v) is 4.00. The van der Waals surface area contributed by atoms with E-state index in [1.807, 2.05) is 20.8 Å². The Balaban J connectivity index is 2.68. The number of hydrogen-bond donors (Lipinski definition) is 2. The van der Waals surface area contributed by atoms with Gasteiger partial charge in [0.1, 0.15) is 0 Å². The van der Waals surface area contributed by atoms with Crippen LogP contribution in [0.2, 0.25) is 0 Å². The summed E-state index contributed by atoms with van der Waals surface area (Å²) in [5, 5.41) is 3.21. The average molecular weight is 282 g/mol. The van der Waals surface area contributed by atoms with Gasteiger partial charge in [0, 0.05) is 18.8 Å². The van der Waals surface area contributed by atoms with Crippen molar-refractivity contribution in [1.29, 1.82) is 0 Å². The molecule has 0 aliphatic heterocycles. The molecule has 1 rings (SSSR count). The standard InChI is InChI=1S/C14H22N2O2S/c1-4-10-16-19(17,18)14-7-5-13(6-8-14)15-11-9-12(2)3/h5-9,15-16H,4,10-11H2,1-3H3. The molecule has 0 atom stereocenters. The van der Waals surface area contributed by atoms with Crippen LogP contribution in [-0.2, 0) is 10.0 Å². The largest absolute Gasteiger partial charge is 0.382 e. The molecule has 0 spiro atoms. The minimum atomic E-state index is -3.36. The number of anilines is 1. The first-order valence-electron chi connectivity index (χ1n) is 6.42. The lowest BCUT2D eigenvalue weighted by molar-refractivity contribution is 0.581. The first kappa shape index (κ1) is 15.7. The highest BCUT2D eigenvalue weighted by atomic mass is 32.2. The lowest BCUT2D eigenvalue weighted by Crippen LogP contribution is -2.24. The predicted octanol–water partition coefficient (Wildman–Crippen LogP) is 2.75. The summed E-state index contributed by atoms with van der Waals surface area (Å²) in [5.74, 6) is 0. The van der Waals surface area contributed by atoms with Crippen molar-refractivity contribution < 1.29 is 8.42 Å². The van der Waals surface area contributed by atoms with Crippen LogP contribution in [-0.4, -0.2) is 21.5 Å². The molecule has 2 N–H and O–H groups in total. The van der Waals surface area contributed by atoms with Gasteiger partial charge in [-0.25, -0.2) is 13.1 Å². The van der Waals surface area contributed by atoms with Crippen molar-refractivity contribution in [2.45, 2.75) is 32.1 Å². The SMILES string of the molecule is CCCNS(=O)(=O)c1ccc(NCC=C(C)C)cc1. The molecule has 106 valence electrons. The lowest BCUT2D eigenvalue weighted by atomic mass is 10.3. The second kappa shape index (κ2) is 7.31. The van der Waals surface area contributed by atoms with E-state index in [-0.39, 0.29) is 0 Å². The Morgan fingerprint density at radius 2 is 1.84 bits per heavy atom. The summed E-state index contributed by atoms with van der Waals surface area (Å²) in [4.78, 5) is 0.300. The number of sulfonamides is 1. The molecule has 0 aliphatic carbocycles. The topological polar surface area (TPSA) is 58.2 Å². The van der Waals surface area contributed by atoms with E-state index >= 15 is 0 Å². The normalized spacial score (nSPS) is 11.1. The highest BCUT2D eigenvalue weighted by Gasteiger charge is 2.12. The predicted molar refractivity (Wildman–Crippen MR) is 79.8 cm³/mol. The van der Waals surface area contributed by atoms with E-state index in [1.54, 1.807) is 24.3 Å². The zero-order valence-corrected chi connectivity index (χ0v) is 12.5. The van der Waals surface area contributed by atoms with Gasteiger partial charge < -0.3 is 5.32 Å². The van der Waals surface area contributed by atoms with Crippen LogP contribution in [0.5, 0.6) is 0 Å². The second-order valence-corrected chi connectivity index (χ2v) is 6.35. The zero-order chi connectivity index (χ0) is 14.3. The maximum Gasteiger partial charge on any atom is 0.240 e. The summed E-state index contributed by atoms with van der Waals surface area (Å²) < 4.78 is 26.3. The monoisotopic (exact) mass is 282 g/mol. The molecule has 1 aromatic carbocycles. The van der Waals surface area contributed by atoms with E-state index in [9.17, 15) is 8.42 Å². The van der Waals surface area contributed by atoms with Crippen LogP contribution in [0.3, 0.4) is 0 Å². The minimum Gasteiger partial charge on any atom is -0.382 e. The average Bonchev–Trinajstić information content (AvgIpc) is 2.37. The summed E-state index contributed by atoms with van der Waals surface area (Å²) in [6.45, 7) is 7.21. The first-order chi connectivity index (χ1) is 8.95. The number of rotatable bonds is 7. The maximum atomic E-state index is 11.9. The van der Waals surface area contributed by atoms with Crippen molar-refractivity contribution in [1.82, 2.24) is 4.72 Å². The molecule has 0 fully saturated rings. The maximum absolute atomic E-state index is 11.9. The van der Waals surface area contributed by atoms with Crippen LogP contribution >= 0.6 is 0 Å². The van der Waals surface area contributed by atoms with Gasteiger partial charge in [-0.3, -0.25) is 0 Å². The fourth-order valence-electron chi connectivity index (χ4n) is 1.44. The molecule has 0 unspecified atom stereocenters. The van der Waals surface area contributed by atoms with Gasteiger partial charge in [-0.1, -0.05) is 18.6 Å². The van der Waals surface area contributed by atoms with Crippen molar-refractivity contribution in [2.75, 3.05) is 18.4 Å². The molecule has 0 saturated heterocycles. The van der Waals surface area contributed by atoms with Crippen LogP contribution in [0.4, 0.5) is 5.69 Å². The zero-order valence-electron chi connectivity index (χ0n) is 11.7. The van der Waals surface area contributed by atoms with E-state index in [0.717, 1.165) is 18.7 Å². The Hall–Kier alpha value is -1.33. The third-order valence-electron chi connectivity index (χ3n) is 2.52. The Morgan fingerprint density at radius 3 is 2.37 bits per heavy atom. The minimum absolute atomic E-state index is 0.300. The van der Waals surface area contributed by atoms with Gasteiger partial charge in [-0.15, -0.1) is 0 Å². The lowest BCUT2D eigenvalue weighted by Gasteiger charge is -2.07. The molecule has 0 aliphatic rings. The van der Waals surface area contributed by atoms with Gasteiger partial charge in [0.25, 0.3) is 0 Å². The van der Waals surface area contributed by atoms with E-state index in [0.29, 0.717) is 11.4 Å². The molecule has 0 amide bonds. The van der Waals surface area contributed by atoms with E-state index < -0.39 is 10.0 Å². The van der Waals surface area contributed by atoms with Gasteiger partial charge in [0.05, 0.1) is 4.90 Å². The smallest absolute Gasteiger partial charge is 0.240 e. The van der Waals surface area contributed by atoms with Crippen LogP contribution in [0.1, 0.15) is 27.2 Å². The van der Waals surface area contributed by atoms with Gasteiger partial charge >= 0.3 is 0 Å². The van der Waals surface area contributed by atoms with E-state index in [2.05, 4.69) is 16.1 Å². The van der Waals surface area contributed by atoms with Crippen LogP contribution in [0, 0.1) is 0 Å². The second-order valence-electron chi connectivity index (χ2n) is 4.58. The molecule has 5 heteroatoms. The number of nitrogens with one attached hydrogen (secondary N) is 2. The van der Waals surface area contributed by atoms with Crippen molar-refractivity contribution in [3.05, 3.63) is 35.9 Å². The summed E-state index contributed by atoms with van der Waals surface area (Å²) in [6.07, 6.45) is 2.86. The Bertz CT molecular complexity index is 515. The van der Waals surface area contributed by atoms with Crippen molar-refractivity contribution in [3.63, 3.8) is 0 Å². The molecule has 0 saturated carbocycles. The quantitative estimate of drug-likeness (QED) is 0.756. The number of benzene rings is 1. The highest BCUT2D eigenvalue weighted by molar-refractivity contribution is 7.89. The molecular formula is C14H22N2O2S. The molecule has 4 nitrogen and oxygen atoms in total. The van der Waals surface area contributed by atoms with Crippen molar-refractivity contribution >= 4 is 15.7 Å². The molecule has 0 radical (unpaired) electrons. The highest BCUT2D eigenvalue weighted by Crippen LogP contribution is 2.13. The van der Waals surface area contributed by atoms with E-state index in [1.165, 1.54) is 5.57 Å². The number of hydrogen-bond acceptors (Lipinski definition) is 3. The van der Waals surface area contributed by atoms with Crippen LogP contribution in [0.25, 0.3) is 0 Å². The molecular weight excluding hydrogens is 260 g/mol. The summed E-state index contributed by atoms with van der Waals surface area (Å²) in [5.41, 5.74) is 2.16. The molecule has 19 heavy (non-hydrogen) atoms. The van der Waals surface area contributed by atoms with Gasteiger partial charge in [-0.05, 0) is 44.5 Å². The summed E-state index contributed by atoms with van der Waals surface area (Å²) in [6, 6.07) is 6.78. The summed E-state index contributed by atoms with van der Waals surface area (Å²) in [7, 11) is -3.36. The van der Waals surface area contributed by atoms with Gasteiger partial charge in [-0.2, -0.15) is 0 Å². The summed E-state index contributed by atoms with van der Waals surface area (Å²) >= 11 is 0. The fourth-order valence-corrected chi connectivity index (χ4v) is 2.58. The Morgan fingerprint density at radius 1 is 1.21 bits per heavy atom. The van der Waals surface area contributed by atoms with Crippen molar-refractivity contribution in [2.24, 2.45) is 0 Å². The van der Waals surface area contributed by atoms with Crippen molar-refractivity contribution in [3.8, 4) is 0 Å². The molecule has 0 aromatic heterocycles. The Kier molecular flexibility index (Phi) is 6.05. The Labute approximate surface area is 116 Å². The molecule has 1 aromatic rings. The first-order valence-corrected chi connectivity index (χ1v) is 7.91. The van der Waals surface area contributed by atoms with Crippen LogP contribution in [0.15, 0.2) is 40.8 Å². The van der Waals surface area contributed by atoms with Gasteiger partial charge in [0.15, 0.2) is 0 Å². The molecule has 0 bridgehead atoms. The molecule has 0 heterocycles. The third kappa shape index (κ3) is 5.44. The fraction of sp³-hybridized carbons (Fsp3) is 0.429. The van der Waals surface area contributed by atoms with Crippen LogP contribution < -0.4 is 10.0 Å². The van der Waals surface area contributed by atoms with Gasteiger partial charge in [0.2, 0.25) is 10.0 Å². The van der Waals surface area contributed by atoms with E-state index in [4.69, 9.17) is 0 Å². The number of allylic oxidation sites excluding steroid dienone is 1.